The van der Waals surface area contributed by atoms with Crippen molar-refractivity contribution in [3.63, 3.8) is 0 Å². The monoisotopic (exact) mass is 377 g/mol. The molecule has 0 atom stereocenters. The van der Waals surface area contributed by atoms with E-state index in [1.165, 1.54) is 18.2 Å². The van der Waals surface area contributed by atoms with Gasteiger partial charge in [-0.05, 0) is 23.8 Å². The minimum atomic E-state index is -0.849. The molecule has 28 heavy (non-hydrogen) atoms. The number of carbonyl (C=O) groups excluding carboxylic acids is 3. The summed E-state index contributed by atoms with van der Waals surface area (Å²) in [5.74, 6) is -2.09. The van der Waals surface area contributed by atoms with E-state index in [-0.39, 0.29) is 28.3 Å². The molecule has 9 nitrogen and oxygen atoms in total. The number of amides is 3. The Labute approximate surface area is 159 Å². The van der Waals surface area contributed by atoms with Crippen molar-refractivity contribution in [3.05, 3.63) is 82.7 Å². The summed E-state index contributed by atoms with van der Waals surface area (Å²) in [6.45, 7) is 0.726. The van der Waals surface area contributed by atoms with E-state index in [0.29, 0.717) is 12.2 Å². The van der Waals surface area contributed by atoms with E-state index in [2.05, 4.69) is 15.6 Å². The highest BCUT2D eigenvalue weighted by atomic mass is 16.5. The van der Waals surface area contributed by atoms with E-state index in [9.17, 15) is 19.6 Å². The van der Waals surface area contributed by atoms with Crippen LogP contribution in [-0.4, -0.2) is 43.0 Å². The number of fused-ring (bicyclic) bond motifs is 1. The van der Waals surface area contributed by atoms with Crippen molar-refractivity contribution < 1.29 is 19.6 Å². The number of carbonyl (C=O) groups is 3. The number of rotatable bonds is 5. The third-order valence-corrected chi connectivity index (χ3v) is 4.33. The van der Waals surface area contributed by atoms with Gasteiger partial charge in [-0.3, -0.25) is 19.6 Å². The standard InChI is InChI=1S/C19H15N5O4/c25-17(13-6-7-15-16(8-13)19(27)24(28)18(15)26)20-9-14-11-23(22-21-14)10-12-4-2-1-3-5-12/h1-8,11,28H,9-10H2,(H,20,25). The van der Waals surface area contributed by atoms with Crippen molar-refractivity contribution in [1.29, 1.82) is 0 Å². The Morgan fingerprint density at radius 3 is 2.57 bits per heavy atom. The topological polar surface area (TPSA) is 117 Å². The van der Waals surface area contributed by atoms with Gasteiger partial charge in [-0.15, -0.1) is 10.2 Å². The van der Waals surface area contributed by atoms with Crippen LogP contribution in [0.4, 0.5) is 0 Å². The van der Waals surface area contributed by atoms with E-state index in [1.807, 2.05) is 30.3 Å². The van der Waals surface area contributed by atoms with Gasteiger partial charge < -0.3 is 5.32 Å². The molecule has 9 heteroatoms. The highest BCUT2D eigenvalue weighted by Crippen LogP contribution is 2.22. The Morgan fingerprint density at radius 2 is 1.79 bits per heavy atom. The van der Waals surface area contributed by atoms with Gasteiger partial charge in [0, 0.05) is 5.56 Å². The van der Waals surface area contributed by atoms with Crippen molar-refractivity contribution in [3.8, 4) is 0 Å². The largest absolute Gasteiger partial charge is 0.346 e. The average Bonchev–Trinajstić information content (AvgIpc) is 3.25. The van der Waals surface area contributed by atoms with Crippen LogP contribution >= 0.6 is 0 Å². The van der Waals surface area contributed by atoms with Crippen LogP contribution in [0.3, 0.4) is 0 Å². The van der Waals surface area contributed by atoms with Crippen LogP contribution in [0.25, 0.3) is 0 Å². The van der Waals surface area contributed by atoms with Gasteiger partial charge in [0.05, 0.1) is 30.4 Å². The van der Waals surface area contributed by atoms with Crippen molar-refractivity contribution in [2.45, 2.75) is 13.1 Å². The molecule has 0 saturated heterocycles. The lowest BCUT2D eigenvalue weighted by atomic mass is 10.1. The molecule has 3 amide bonds. The lowest BCUT2D eigenvalue weighted by molar-refractivity contribution is -0.0327. The van der Waals surface area contributed by atoms with Gasteiger partial charge in [0.25, 0.3) is 17.7 Å². The van der Waals surface area contributed by atoms with Crippen molar-refractivity contribution in [2.75, 3.05) is 0 Å². The zero-order valence-electron chi connectivity index (χ0n) is 14.6. The molecule has 0 fully saturated rings. The number of hydrogen-bond donors (Lipinski definition) is 2. The maximum atomic E-state index is 12.3. The second kappa shape index (κ2) is 7.05. The predicted molar refractivity (Wildman–Crippen MR) is 95.5 cm³/mol. The summed E-state index contributed by atoms with van der Waals surface area (Å²) in [7, 11) is 0. The number of hydrogen-bond acceptors (Lipinski definition) is 6. The number of benzene rings is 2. The zero-order valence-corrected chi connectivity index (χ0v) is 14.6. The first-order valence-corrected chi connectivity index (χ1v) is 8.46. The molecule has 2 aromatic carbocycles. The summed E-state index contributed by atoms with van der Waals surface area (Å²) < 4.78 is 1.67. The van der Waals surface area contributed by atoms with Crippen molar-refractivity contribution in [2.24, 2.45) is 0 Å². The van der Waals surface area contributed by atoms with Gasteiger partial charge in [0.1, 0.15) is 5.69 Å². The lowest BCUT2D eigenvalue weighted by Crippen LogP contribution is -2.25. The fraction of sp³-hybridized carbons (Fsp3) is 0.105. The van der Waals surface area contributed by atoms with Crippen LogP contribution in [0, 0.1) is 0 Å². The third-order valence-electron chi connectivity index (χ3n) is 4.33. The second-order valence-corrected chi connectivity index (χ2v) is 6.26. The molecule has 2 heterocycles. The molecule has 0 radical (unpaired) electrons. The van der Waals surface area contributed by atoms with Gasteiger partial charge in [-0.1, -0.05) is 35.5 Å². The molecule has 140 valence electrons. The fourth-order valence-electron chi connectivity index (χ4n) is 2.91. The predicted octanol–water partition coefficient (Wildman–Crippen LogP) is 1.24. The molecule has 3 aromatic rings. The smallest absolute Gasteiger partial charge is 0.285 e. The van der Waals surface area contributed by atoms with E-state index >= 15 is 0 Å². The molecular formula is C19H15N5O4. The molecule has 1 aromatic heterocycles. The molecule has 1 aliphatic heterocycles. The van der Waals surface area contributed by atoms with Gasteiger partial charge >= 0.3 is 0 Å². The average molecular weight is 377 g/mol. The fourth-order valence-corrected chi connectivity index (χ4v) is 2.91. The number of hydroxylamine groups is 2. The number of aromatic nitrogens is 3. The summed E-state index contributed by atoms with van der Waals surface area (Å²) in [4.78, 5) is 35.8. The van der Waals surface area contributed by atoms with Crippen LogP contribution < -0.4 is 5.32 Å². The number of nitrogens with zero attached hydrogens (tertiary/aromatic N) is 4. The number of nitrogens with one attached hydrogen (secondary N) is 1. The number of imide groups is 1. The first kappa shape index (κ1) is 17.6. The van der Waals surface area contributed by atoms with Gasteiger partial charge in [-0.2, -0.15) is 0 Å². The minimum absolute atomic E-state index is 0.00560. The highest BCUT2D eigenvalue weighted by molar-refractivity contribution is 6.21. The van der Waals surface area contributed by atoms with Crippen molar-refractivity contribution >= 4 is 17.7 Å². The van der Waals surface area contributed by atoms with Gasteiger partial charge in [-0.25, -0.2) is 4.68 Å². The molecule has 4 rings (SSSR count). The van der Waals surface area contributed by atoms with Crippen molar-refractivity contribution in [1.82, 2.24) is 25.4 Å². The third kappa shape index (κ3) is 3.26. The van der Waals surface area contributed by atoms with E-state index in [0.717, 1.165) is 5.56 Å². The Balaban J connectivity index is 1.40. The minimum Gasteiger partial charge on any atom is -0.346 e. The Morgan fingerprint density at radius 1 is 1.04 bits per heavy atom. The van der Waals surface area contributed by atoms with Gasteiger partial charge in [0.15, 0.2) is 0 Å². The maximum Gasteiger partial charge on any atom is 0.285 e. The van der Waals surface area contributed by atoms with Crippen LogP contribution in [0.1, 0.15) is 42.3 Å². The zero-order chi connectivity index (χ0) is 19.7. The van der Waals surface area contributed by atoms with Gasteiger partial charge in [0.2, 0.25) is 0 Å². The molecule has 0 spiro atoms. The van der Waals surface area contributed by atoms with Crippen LogP contribution in [0.15, 0.2) is 54.7 Å². The Bertz CT molecular complexity index is 1080. The van der Waals surface area contributed by atoms with E-state index < -0.39 is 17.7 Å². The molecule has 0 unspecified atom stereocenters. The summed E-state index contributed by atoms with van der Waals surface area (Å²) in [5.41, 5.74) is 1.92. The van der Waals surface area contributed by atoms with Crippen LogP contribution in [0.2, 0.25) is 0 Å². The Kier molecular flexibility index (Phi) is 4.42. The normalized spacial score (nSPS) is 13.0. The first-order valence-electron chi connectivity index (χ1n) is 8.46. The summed E-state index contributed by atoms with van der Waals surface area (Å²) >= 11 is 0. The summed E-state index contributed by atoms with van der Waals surface area (Å²) in [5, 5.41) is 20.2. The quantitative estimate of drug-likeness (QED) is 0.510. The summed E-state index contributed by atoms with van der Waals surface area (Å²) in [6.07, 6.45) is 1.74. The lowest BCUT2D eigenvalue weighted by Gasteiger charge is -2.04. The Hall–Kier alpha value is -3.85. The second-order valence-electron chi connectivity index (χ2n) is 6.26. The summed E-state index contributed by atoms with van der Waals surface area (Å²) in [6, 6.07) is 13.8. The molecule has 0 saturated carbocycles. The molecule has 0 bridgehead atoms. The van der Waals surface area contributed by atoms with Crippen LogP contribution in [0.5, 0.6) is 0 Å². The molecule has 1 aliphatic rings. The molecule has 2 N–H and O–H groups in total. The molecule has 0 aliphatic carbocycles. The first-order chi connectivity index (χ1) is 13.5. The van der Waals surface area contributed by atoms with Crippen LogP contribution in [-0.2, 0) is 13.1 Å². The highest BCUT2D eigenvalue weighted by Gasteiger charge is 2.35. The maximum absolute atomic E-state index is 12.3. The molecular weight excluding hydrogens is 362 g/mol. The van der Waals surface area contributed by atoms with E-state index in [4.69, 9.17) is 0 Å². The van der Waals surface area contributed by atoms with E-state index in [1.54, 1.807) is 10.9 Å². The SMILES string of the molecule is O=C(NCc1cn(Cc2ccccc2)nn1)c1ccc2c(c1)C(=O)N(O)C2=O.